The van der Waals surface area contributed by atoms with Crippen LogP contribution in [0.15, 0.2) is 48.5 Å². The summed E-state index contributed by atoms with van der Waals surface area (Å²) in [6.45, 7) is 4.95. The molecule has 36 heavy (non-hydrogen) atoms. The Hall–Kier alpha value is -3.62. The third-order valence-corrected chi connectivity index (χ3v) is 7.23. The Morgan fingerprint density at radius 2 is 1.86 bits per heavy atom. The summed E-state index contributed by atoms with van der Waals surface area (Å²) in [7, 11) is 1.61. The van der Waals surface area contributed by atoms with Crippen LogP contribution >= 0.6 is 0 Å². The predicted molar refractivity (Wildman–Crippen MR) is 137 cm³/mol. The molecule has 2 aromatic carbocycles. The molecule has 0 N–H and O–H groups in total. The number of amides is 2. The van der Waals surface area contributed by atoms with Gasteiger partial charge in [0.2, 0.25) is 11.8 Å². The second kappa shape index (κ2) is 11.4. The summed E-state index contributed by atoms with van der Waals surface area (Å²) in [5.74, 6) is 0.477. The Morgan fingerprint density at radius 1 is 1.11 bits per heavy atom. The van der Waals surface area contributed by atoms with Crippen LogP contribution in [0.1, 0.15) is 44.2 Å². The first kappa shape index (κ1) is 25.5. The number of methoxy groups -OCH3 is 1. The topological polar surface area (TPSA) is 96.2 Å². The van der Waals surface area contributed by atoms with Crippen LogP contribution in [0.2, 0.25) is 0 Å². The minimum atomic E-state index is -0.393. The smallest absolute Gasteiger partial charge is 0.271 e. The highest BCUT2D eigenvalue weighted by Gasteiger charge is 2.43. The molecule has 0 saturated carbocycles. The highest BCUT2D eigenvalue weighted by molar-refractivity contribution is 5.85. The van der Waals surface area contributed by atoms with Crippen LogP contribution in [0, 0.1) is 16.0 Å². The first-order valence-electron chi connectivity index (χ1n) is 12.6. The summed E-state index contributed by atoms with van der Waals surface area (Å²) in [6, 6.07) is 13.9. The number of nitro benzene ring substituents is 1. The summed E-state index contributed by atoms with van der Waals surface area (Å²) in [6.07, 6.45) is 2.70. The monoisotopic (exact) mass is 494 g/mol. The lowest BCUT2D eigenvalue weighted by Gasteiger charge is -2.44. The first-order chi connectivity index (χ1) is 17.4. The predicted octanol–water partition coefficient (Wildman–Crippen LogP) is 4.03. The van der Waals surface area contributed by atoms with E-state index in [4.69, 9.17) is 4.74 Å². The highest BCUT2D eigenvalue weighted by Crippen LogP contribution is 2.41. The third-order valence-electron chi connectivity index (χ3n) is 7.23. The maximum absolute atomic E-state index is 13.9. The second-order valence-corrected chi connectivity index (χ2v) is 9.36. The van der Waals surface area contributed by atoms with E-state index in [1.165, 1.54) is 6.07 Å². The van der Waals surface area contributed by atoms with Crippen molar-refractivity contribution in [3.63, 3.8) is 0 Å². The Kier molecular flexibility index (Phi) is 8.07. The number of nitrogens with zero attached hydrogens (tertiary/aromatic N) is 4. The number of rotatable bonds is 8. The number of piperazine rings is 1. The third kappa shape index (κ3) is 5.29. The quantitative estimate of drug-likeness (QED) is 0.406. The van der Waals surface area contributed by atoms with Gasteiger partial charge in [0, 0.05) is 62.5 Å². The van der Waals surface area contributed by atoms with Gasteiger partial charge in [-0.25, -0.2) is 0 Å². The molecule has 2 aliphatic heterocycles. The summed E-state index contributed by atoms with van der Waals surface area (Å²) in [4.78, 5) is 43.5. The number of anilines is 1. The van der Waals surface area contributed by atoms with E-state index < -0.39 is 4.92 Å². The van der Waals surface area contributed by atoms with Crippen molar-refractivity contribution >= 4 is 23.2 Å². The van der Waals surface area contributed by atoms with E-state index in [0.29, 0.717) is 51.3 Å². The number of benzene rings is 2. The number of unbranched alkanes of at least 4 members (excludes halogenated alkanes) is 1. The van der Waals surface area contributed by atoms with Crippen LogP contribution in [0.25, 0.3) is 0 Å². The van der Waals surface area contributed by atoms with Crippen molar-refractivity contribution in [2.75, 3.05) is 44.7 Å². The number of carbonyl (C=O) groups excluding carboxylic acids is 2. The van der Waals surface area contributed by atoms with Gasteiger partial charge in [0.05, 0.1) is 24.0 Å². The van der Waals surface area contributed by atoms with Crippen molar-refractivity contribution in [1.82, 2.24) is 9.80 Å². The Balaban J connectivity index is 1.54. The number of piperidine rings is 1. The van der Waals surface area contributed by atoms with Gasteiger partial charge in [-0.2, -0.15) is 0 Å². The van der Waals surface area contributed by atoms with Crippen LogP contribution in [0.4, 0.5) is 11.4 Å². The fourth-order valence-electron chi connectivity index (χ4n) is 5.32. The van der Waals surface area contributed by atoms with E-state index in [1.807, 2.05) is 40.1 Å². The number of para-hydroxylation sites is 1. The molecule has 2 atom stereocenters. The van der Waals surface area contributed by atoms with Crippen LogP contribution in [0.5, 0.6) is 5.75 Å². The zero-order valence-electron chi connectivity index (χ0n) is 21.0. The lowest BCUT2D eigenvalue weighted by molar-refractivity contribution is -0.384. The minimum Gasteiger partial charge on any atom is -0.496 e. The standard InChI is InChI=1S/C27H34N4O5/c1-3-4-14-30-25(32)13-12-23(26(30)22-10-5-6-11-24(22)36-2)27(33)29-17-15-28(16-18-29)20-8-7-9-21(19-20)31(34)35/h5-11,19,23,26H,3-4,12-18H2,1-2H3. The van der Waals surface area contributed by atoms with Gasteiger partial charge in [0.15, 0.2) is 0 Å². The molecule has 0 aromatic heterocycles. The number of hydrogen-bond donors (Lipinski definition) is 0. The number of non-ortho nitro benzene ring substituents is 1. The van der Waals surface area contributed by atoms with Crippen molar-refractivity contribution < 1.29 is 19.2 Å². The molecule has 0 aliphatic carbocycles. The van der Waals surface area contributed by atoms with Gasteiger partial charge in [0.1, 0.15) is 5.75 Å². The molecule has 9 heteroatoms. The largest absolute Gasteiger partial charge is 0.496 e. The van der Waals surface area contributed by atoms with E-state index >= 15 is 0 Å². The lowest BCUT2D eigenvalue weighted by Crippen LogP contribution is -2.54. The number of hydrogen-bond acceptors (Lipinski definition) is 6. The molecule has 2 unspecified atom stereocenters. The summed E-state index contributed by atoms with van der Waals surface area (Å²) < 4.78 is 5.63. The van der Waals surface area contributed by atoms with E-state index in [1.54, 1.807) is 19.2 Å². The molecule has 2 aliphatic rings. The highest BCUT2D eigenvalue weighted by atomic mass is 16.6. The maximum Gasteiger partial charge on any atom is 0.271 e. The Labute approximate surface area is 211 Å². The number of nitro groups is 1. The molecule has 2 heterocycles. The van der Waals surface area contributed by atoms with Crippen molar-refractivity contribution in [2.45, 2.75) is 38.6 Å². The van der Waals surface area contributed by atoms with Crippen molar-refractivity contribution in [3.8, 4) is 5.75 Å². The van der Waals surface area contributed by atoms with Gasteiger partial charge >= 0.3 is 0 Å². The zero-order valence-corrected chi connectivity index (χ0v) is 21.0. The molecule has 2 fully saturated rings. The molecule has 9 nitrogen and oxygen atoms in total. The average molecular weight is 495 g/mol. The fraction of sp³-hybridized carbons (Fsp3) is 0.481. The normalized spacial score (nSPS) is 20.4. The van der Waals surface area contributed by atoms with Gasteiger partial charge in [-0.05, 0) is 25.0 Å². The van der Waals surface area contributed by atoms with Gasteiger partial charge in [-0.15, -0.1) is 0 Å². The molecule has 2 aromatic rings. The van der Waals surface area contributed by atoms with Crippen LogP contribution < -0.4 is 9.64 Å². The van der Waals surface area contributed by atoms with E-state index in [9.17, 15) is 19.7 Å². The molecule has 4 rings (SSSR count). The SMILES string of the molecule is CCCCN1C(=O)CCC(C(=O)N2CCN(c3cccc([N+](=O)[O-])c3)CC2)C1c1ccccc1OC. The van der Waals surface area contributed by atoms with Crippen LogP contribution in [0.3, 0.4) is 0 Å². The van der Waals surface area contributed by atoms with Gasteiger partial charge in [0.25, 0.3) is 5.69 Å². The van der Waals surface area contributed by atoms with Crippen molar-refractivity contribution in [1.29, 1.82) is 0 Å². The van der Waals surface area contributed by atoms with Gasteiger partial charge in [-0.1, -0.05) is 37.6 Å². The van der Waals surface area contributed by atoms with Crippen LogP contribution in [-0.2, 0) is 9.59 Å². The molecule has 2 amide bonds. The molecule has 192 valence electrons. The van der Waals surface area contributed by atoms with Gasteiger partial charge in [-0.3, -0.25) is 19.7 Å². The van der Waals surface area contributed by atoms with Gasteiger partial charge < -0.3 is 19.4 Å². The van der Waals surface area contributed by atoms with E-state index in [0.717, 1.165) is 24.1 Å². The molecular formula is C27H34N4O5. The average Bonchev–Trinajstić information content (AvgIpc) is 2.92. The summed E-state index contributed by atoms with van der Waals surface area (Å²) in [5, 5.41) is 11.2. The minimum absolute atomic E-state index is 0.0543. The first-order valence-corrected chi connectivity index (χ1v) is 12.6. The second-order valence-electron chi connectivity index (χ2n) is 9.36. The number of ether oxygens (including phenoxy) is 1. The van der Waals surface area contributed by atoms with Crippen LogP contribution in [-0.4, -0.2) is 66.4 Å². The van der Waals surface area contributed by atoms with Crippen molar-refractivity contribution in [3.05, 3.63) is 64.2 Å². The van der Waals surface area contributed by atoms with Crippen molar-refractivity contribution in [2.24, 2.45) is 5.92 Å². The molecule has 2 saturated heterocycles. The number of likely N-dealkylation sites (tertiary alicyclic amines) is 1. The number of carbonyl (C=O) groups is 2. The van der Waals surface area contributed by atoms with E-state index in [2.05, 4.69) is 11.8 Å². The lowest BCUT2D eigenvalue weighted by atomic mass is 9.82. The Bertz CT molecular complexity index is 1100. The Morgan fingerprint density at radius 3 is 2.56 bits per heavy atom. The van der Waals surface area contributed by atoms with E-state index in [-0.39, 0.29) is 29.5 Å². The summed E-state index contributed by atoms with van der Waals surface area (Å²) in [5.41, 5.74) is 1.72. The molecule has 0 bridgehead atoms. The summed E-state index contributed by atoms with van der Waals surface area (Å²) >= 11 is 0. The maximum atomic E-state index is 13.9. The molecule has 0 radical (unpaired) electrons. The fourth-order valence-corrected chi connectivity index (χ4v) is 5.32. The molecule has 0 spiro atoms. The zero-order chi connectivity index (χ0) is 25.7. The molecular weight excluding hydrogens is 460 g/mol.